The van der Waals surface area contributed by atoms with Gasteiger partial charge in [-0.2, -0.15) is 5.26 Å². The van der Waals surface area contributed by atoms with Gasteiger partial charge >= 0.3 is 0 Å². The molecule has 8 heteroatoms. The van der Waals surface area contributed by atoms with Crippen LogP contribution in [-0.2, 0) is 4.79 Å². The number of pyridine rings is 1. The van der Waals surface area contributed by atoms with Gasteiger partial charge in [-0.25, -0.2) is 9.37 Å². The Hall–Kier alpha value is -3.70. The summed E-state index contributed by atoms with van der Waals surface area (Å²) in [5.74, 6) is -1.08. The summed E-state index contributed by atoms with van der Waals surface area (Å²) in [6.07, 6.45) is 1.51. The van der Waals surface area contributed by atoms with Gasteiger partial charge in [-0.05, 0) is 48.5 Å². The Balaban J connectivity index is 1.65. The van der Waals surface area contributed by atoms with Gasteiger partial charge < -0.3 is 10.6 Å². The van der Waals surface area contributed by atoms with Crippen molar-refractivity contribution in [2.45, 2.75) is 5.03 Å². The van der Waals surface area contributed by atoms with E-state index in [1.54, 1.807) is 36.4 Å². The van der Waals surface area contributed by atoms with Crippen LogP contribution < -0.4 is 10.6 Å². The van der Waals surface area contributed by atoms with Crippen LogP contribution in [0.2, 0.25) is 0 Å². The molecule has 0 saturated heterocycles. The summed E-state index contributed by atoms with van der Waals surface area (Å²) in [4.78, 5) is 29.0. The summed E-state index contributed by atoms with van der Waals surface area (Å²) in [7, 11) is 0. The number of benzene rings is 2. The minimum atomic E-state index is -0.427. The number of carbonyl (C=O) groups excluding carboxylic acids is 2. The molecule has 6 nitrogen and oxygen atoms in total. The third-order valence-corrected chi connectivity index (χ3v) is 4.69. The quantitative estimate of drug-likeness (QED) is 0.602. The van der Waals surface area contributed by atoms with Crippen LogP contribution in [0.5, 0.6) is 0 Å². The number of carbonyl (C=O) groups is 2. The van der Waals surface area contributed by atoms with E-state index in [0.29, 0.717) is 22.0 Å². The third kappa shape index (κ3) is 5.64. The molecule has 3 aromatic rings. The van der Waals surface area contributed by atoms with Gasteiger partial charge in [0.15, 0.2) is 0 Å². The minimum Gasteiger partial charge on any atom is -0.325 e. The number of rotatable bonds is 6. The summed E-state index contributed by atoms with van der Waals surface area (Å²) in [5, 5.41) is 14.8. The van der Waals surface area contributed by atoms with Crippen molar-refractivity contribution < 1.29 is 14.0 Å². The first-order valence-corrected chi connectivity index (χ1v) is 9.48. The van der Waals surface area contributed by atoms with E-state index in [2.05, 4.69) is 15.6 Å². The number of nitriles is 1. The predicted molar refractivity (Wildman–Crippen MR) is 109 cm³/mol. The van der Waals surface area contributed by atoms with Crippen molar-refractivity contribution in [3.8, 4) is 6.07 Å². The predicted octanol–water partition coefficient (Wildman–Crippen LogP) is 4.08. The van der Waals surface area contributed by atoms with Crippen LogP contribution in [0, 0.1) is 17.1 Å². The van der Waals surface area contributed by atoms with E-state index < -0.39 is 11.7 Å². The molecular weight excluding hydrogens is 391 g/mol. The molecule has 0 radical (unpaired) electrons. The highest BCUT2D eigenvalue weighted by molar-refractivity contribution is 7.99. The lowest BCUT2D eigenvalue weighted by atomic mass is 10.1. The molecule has 0 aliphatic carbocycles. The number of nitrogens with zero attached hydrogens (tertiary/aromatic N) is 2. The zero-order chi connectivity index (χ0) is 20.6. The number of para-hydroxylation sites is 1. The molecule has 0 bridgehead atoms. The van der Waals surface area contributed by atoms with Crippen molar-refractivity contribution in [1.82, 2.24) is 4.98 Å². The number of halogens is 1. The van der Waals surface area contributed by atoms with E-state index in [1.807, 2.05) is 6.07 Å². The molecule has 0 spiro atoms. The SMILES string of the molecule is N#Cc1ccnc(SCC(=O)Nc2ccccc2C(=O)Nc2ccc(F)cc2)c1. The maximum absolute atomic E-state index is 13.0. The van der Waals surface area contributed by atoms with E-state index in [9.17, 15) is 14.0 Å². The summed E-state index contributed by atoms with van der Waals surface area (Å²) in [6, 6.07) is 17.2. The minimum absolute atomic E-state index is 0.0653. The molecule has 2 amide bonds. The van der Waals surface area contributed by atoms with Crippen LogP contribution in [-0.4, -0.2) is 22.6 Å². The molecule has 0 aliphatic rings. The standard InChI is InChI=1S/C21H15FN4O2S/c22-15-5-7-16(8-6-15)25-21(28)17-3-1-2-4-18(17)26-19(27)13-29-20-11-14(12-23)9-10-24-20/h1-11H,13H2,(H,25,28)(H,26,27). The molecule has 1 aromatic heterocycles. The lowest BCUT2D eigenvalue weighted by Crippen LogP contribution is -2.19. The molecule has 144 valence electrons. The third-order valence-electron chi connectivity index (χ3n) is 3.76. The fourth-order valence-electron chi connectivity index (χ4n) is 2.41. The molecule has 0 aliphatic heterocycles. The monoisotopic (exact) mass is 406 g/mol. The van der Waals surface area contributed by atoms with E-state index >= 15 is 0 Å². The van der Waals surface area contributed by atoms with Gasteiger partial charge in [0, 0.05) is 11.9 Å². The van der Waals surface area contributed by atoms with Crippen molar-refractivity contribution in [2.75, 3.05) is 16.4 Å². The number of thioether (sulfide) groups is 1. The Bertz CT molecular complexity index is 1080. The number of amides is 2. The largest absolute Gasteiger partial charge is 0.325 e. The van der Waals surface area contributed by atoms with E-state index in [1.165, 1.54) is 42.2 Å². The number of nitrogens with one attached hydrogen (secondary N) is 2. The highest BCUT2D eigenvalue weighted by Crippen LogP contribution is 2.20. The molecule has 0 fully saturated rings. The molecule has 29 heavy (non-hydrogen) atoms. The van der Waals surface area contributed by atoms with Crippen molar-refractivity contribution in [2.24, 2.45) is 0 Å². The number of aromatic nitrogens is 1. The zero-order valence-corrected chi connectivity index (χ0v) is 15.9. The fraction of sp³-hybridized carbons (Fsp3) is 0.0476. The van der Waals surface area contributed by atoms with Gasteiger partial charge in [0.2, 0.25) is 5.91 Å². The van der Waals surface area contributed by atoms with Gasteiger partial charge in [0.25, 0.3) is 5.91 Å². The van der Waals surface area contributed by atoms with Crippen molar-refractivity contribution in [3.05, 3.63) is 83.8 Å². The van der Waals surface area contributed by atoms with Crippen LogP contribution in [0.15, 0.2) is 71.9 Å². The smallest absolute Gasteiger partial charge is 0.257 e. The van der Waals surface area contributed by atoms with Gasteiger partial charge in [0.1, 0.15) is 5.82 Å². The van der Waals surface area contributed by atoms with Crippen LogP contribution in [0.1, 0.15) is 15.9 Å². The second-order valence-corrected chi connectivity index (χ2v) is 6.83. The van der Waals surface area contributed by atoms with Crippen LogP contribution in [0.3, 0.4) is 0 Å². The normalized spacial score (nSPS) is 10.1. The lowest BCUT2D eigenvalue weighted by molar-refractivity contribution is -0.113. The molecule has 3 rings (SSSR count). The maximum Gasteiger partial charge on any atom is 0.257 e. The Morgan fingerprint density at radius 2 is 1.83 bits per heavy atom. The Morgan fingerprint density at radius 3 is 2.59 bits per heavy atom. The zero-order valence-electron chi connectivity index (χ0n) is 15.1. The first kappa shape index (κ1) is 20.0. The molecule has 0 saturated carbocycles. The lowest BCUT2D eigenvalue weighted by Gasteiger charge is -2.11. The Labute approximate surface area is 170 Å². The summed E-state index contributed by atoms with van der Waals surface area (Å²) in [6.45, 7) is 0. The number of hydrogen-bond acceptors (Lipinski definition) is 5. The van der Waals surface area contributed by atoms with Crippen molar-refractivity contribution >= 4 is 35.0 Å². The van der Waals surface area contributed by atoms with E-state index in [0.717, 1.165) is 0 Å². The average Bonchev–Trinajstić information content (AvgIpc) is 2.74. The van der Waals surface area contributed by atoms with Gasteiger partial charge in [0.05, 0.1) is 33.7 Å². The molecule has 0 unspecified atom stereocenters. The average molecular weight is 406 g/mol. The topological polar surface area (TPSA) is 94.9 Å². The van der Waals surface area contributed by atoms with Crippen molar-refractivity contribution in [3.63, 3.8) is 0 Å². The highest BCUT2D eigenvalue weighted by atomic mass is 32.2. The summed E-state index contributed by atoms with van der Waals surface area (Å²) < 4.78 is 13.0. The fourth-order valence-corrected chi connectivity index (χ4v) is 3.10. The van der Waals surface area contributed by atoms with E-state index in [4.69, 9.17) is 5.26 Å². The summed E-state index contributed by atoms with van der Waals surface area (Å²) in [5.41, 5.74) is 1.54. The van der Waals surface area contributed by atoms with Gasteiger partial charge in [-0.15, -0.1) is 0 Å². The van der Waals surface area contributed by atoms with Gasteiger partial charge in [-0.1, -0.05) is 23.9 Å². The van der Waals surface area contributed by atoms with Crippen LogP contribution >= 0.6 is 11.8 Å². The molecule has 2 N–H and O–H groups in total. The Kier molecular flexibility index (Phi) is 6.55. The van der Waals surface area contributed by atoms with E-state index in [-0.39, 0.29) is 17.2 Å². The van der Waals surface area contributed by atoms with Crippen molar-refractivity contribution in [1.29, 1.82) is 5.26 Å². The maximum atomic E-state index is 13.0. The second-order valence-electron chi connectivity index (χ2n) is 5.84. The van der Waals surface area contributed by atoms with Crippen LogP contribution in [0.4, 0.5) is 15.8 Å². The molecular formula is C21H15FN4O2S. The highest BCUT2D eigenvalue weighted by Gasteiger charge is 2.14. The van der Waals surface area contributed by atoms with Crippen LogP contribution in [0.25, 0.3) is 0 Å². The molecule has 1 heterocycles. The second kappa shape index (κ2) is 9.48. The number of anilines is 2. The first-order chi connectivity index (χ1) is 14.0. The molecule has 2 aromatic carbocycles. The molecule has 0 atom stereocenters. The number of hydrogen-bond donors (Lipinski definition) is 2. The summed E-state index contributed by atoms with van der Waals surface area (Å²) >= 11 is 1.19. The first-order valence-electron chi connectivity index (χ1n) is 8.50. The van der Waals surface area contributed by atoms with Gasteiger partial charge in [-0.3, -0.25) is 9.59 Å². The Morgan fingerprint density at radius 1 is 1.07 bits per heavy atom.